The second-order valence-electron chi connectivity index (χ2n) is 12.0. The SMILES string of the molecule is CS(=O)(=O)CCc1cc(F)cc(-c2cncc3[nH]c(-c4n[nH]c5cnc(-c6cncc(CNCC7CCCC7)c6)c(F)c45)nc23)c1. The molecule has 6 aromatic rings. The van der Waals surface area contributed by atoms with Crippen LogP contribution in [0.4, 0.5) is 8.78 Å². The molecule has 0 saturated heterocycles. The first-order valence-electron chi connectivity index (χ1n) is 15.2. The lowest BCUT2D eigenvalue weighted by Gasteiger charge is -2.11. The molecule has 5 aromatic heterocycles. The number of halogens is 2. The first-order chi connectivity index (χ1) is 22.2. The van der Waals surface area contributed by atoms with E-state index in [4.69, 9.17) is 4.98 Å². The van der Waals surface area contributed by atoms with Gasteiger partial charge in [-0.25, -0.2) is 22.2 Å². The van der Waals surface area contributed by atoms with Crippen molar-refractivity contribution in [1.29, 1.82) is 0 Å². The lowest BCUT2D eigenvalue weighted by atomic mass is 10.0. The van der Waals surface area contributed by atoms with Crippen molar-refractivity contribution in [2.75, 3.05) is 18.6 Å². The van der Waals surface area contributed by atoms with Crippen LogP contribution in [0.3, 0.4) is 0 Å². The fourth-order valence-electron chi connectivity index (χ4n) is 6.21. The van der Waals surface area contributed by atoms with Gasteiger partial charge in [0.05, 0.1) is 40.1 Å². The minimum atomic E-state index is -3.22. The second-order valence-corrected chi connectivity index (χ2v) is 14.3. The van der Waals surface area contributed by atoms with Gasteiger partial charge in [0.1, 0.15) is 27.0 Å². The van der Waals surface area contributed by atoms with Gasteiger partial charge in [-0.15, -0.1) is 0 Å². The van der Waals surface area contributed by atoms with Crippen molar-refractivity contribution in [2.45, 2.75) is 38.6 Å². The quantitative estimate of drug-likeness (QED) is 0.171. The van der Waals surface area contributed by atoms with E-state index in [0.717, 1.165) is 18.4 Å². The molecule has 1 aliphatic rings. The van der Waals surface area contributed by atoms with Gasteiger partial charge in [0.15, 0.2) is 11.6 Å². The van der Waals surface area contributed by atoms with Gasteiger partial charge in [-0.2, -0.15) is 5.10 Å². The van der Waals surface area contributed by atoms with Crippen molar-refractivity contribution in [3.8, 4) is 33.9 Å². The lowest BCUT2D eigenvalue weighted by Crippen LogP contribution is -2.20. The van der Waals surface area contributed by atoms with Crippen LogP contribution in [0.1, 0.15) is 36.8 Å². The zero-order valence-electron chi connectivity index (χ0n) is 25.1. The summed E-state index contributed by atoms with van der Waals surface area (Å²) in [5.41, 5.74) is 4.91. The molecule has 0 amide bonds. The Hall–Kier alpha value is -4.62. The molecular formula is C33H32F2N8O2S. The number of aromatic amines is 2. The van der Waals surface area contributed by atoms with Crippen LogP contribution in [0, 0.1) is 17.6 Å². The summed E-state index contributed by atoms with van der Waals surface area (Å²) >= 11 is 0. The third-order valence-electron chi connectivity index (χ3n) is 8.50. The summed E-state index contributed by atoms with van der Waals surface area (Å²) in [6.07, 6.45) is 14.5. The molecule has 0 bridgehead atoms. The van der Waals surface area contributed by atoms with Crippen LogP contribution in [0.15, 0.2) is 55.2 Å². The van der Waals surface area contributed by atoms with E-state index in [0.29, 0.717) is 57.1 Å². The Balaban J connectivity index is 1.22. The Kier molecular flexibility index (Phi) is 8.03. The summed E-state index contributed by atoms with van der Waals surface area (Å²) in [4.78, 5) is 21.0. The van der Waals surface area contributed by atoms with Crippen molar-refractivity contribution in [3.05, 3.63) is 78.0 Å². The highest BCUT2D eigenvalue weighted by atomic mass is 32.2. The number of hydrogen-bond acceptors (Lipinski definition) is 8. The Labute approximate surface area is 264 Å². The fraction of sp³-hybridized carbons (Fsp3) is 0.303. The molecule has 0 aliphatic heterocycles. The number of hydrogen-bond donors (Lipinski definition) is 3. The van der Waals surface area contributed by atoms with Gasteiger partial charge >= 0.3 is 0 Å². The predicted octanol–water partition coefficient (Wildman–Crippen LogP) is 5.77. The summed E-state index contributed by atoms with van der Waals surface area (Å²) in [6, 6.07) is 6.30. The van der Waals surface area contributed by atoms with Gasteiger partial charge in [-0.05, 0) is 66.6 Å². The van der Waals surface area contributed by atoms with Crippen LogP contribution in [0.5, 0.6) is 0 Å². The van der Waals surface area contributed by atoms with Crippen molar-refractivity contribution in [2.24, 2.45) is 5.92 Å². The first kappa shape index (κ1) is 30.1. The van der Waals surface area contributed by atoms with E-state index in [1.54, 1.807) is 30.9 Å². The van der Waals surface area contributed by atoms with E-state index in [2.05, 4.69) is 35.5 Å². The van der Waals surface area contributed by atoms with E-state index in [1.807, 2.05) is 6.07 Å². The Morgan fingerprint density at radius 3 is 2.54 bits per heavy atom. The van der Waals surface area contributed by atoms with Gasteiger partial charge in [-0.3, -0.25) is 20.1 Å². The average Bonchev–Trinajstić information content (AvgIpc) is 3.80. The Morgan fingerprint density at radius 2 is 1.72 bits per heavy atom. The Bertz CT molecular complexity index is 2170. The average molecular weight is 643 g/mol. The van der Waals surface area contributed by atoms with E-state index in [9.17, 15) is 12.8 Å². The number of aryl methyl sites for hydroxylation is 1. The number of imidazole rings is 1. The van der Waals surface area contributed by atoms with Gasteiger partial charge in [0, 0.05) is 42.5 Å². The monoisotopic (exact) mass is 642 g/mol. The third kappa shape index (κ3) is 6.24. The molecule has 0 atom stereocenters. The van der Waals surface area contributed by atoms with Crippen LogP contribution in [-0.2, 0) is 22.8 Å². The lowest BCUT2D eigenvalue weighted by molar-refractivity contribution is 0.489. The highest BCUT2D eigenvalue weighted by molar-refractivity contribution is 7.90. The molecule has 1 aromatic carbocycles. The number of sulfone groups is 1. The smallest absolute Gasteiger partial charge is 0.161 e. The number of H-pyrrole nitrogens is 2. The zero-order valence-corrected chi connectivity index (χ0v) is 26.0. The summed E-state index contributed by atoms with van der Waals surface area (Å²) in [5.74, 6) is -0.156. The van der Waals surface area contributed by atoms with Crippen LogP contribution in [0.25, 0.3) is 55.8 Å². The number of nitrogens with one attached hydrogen (secondary N) is 3. The van der Waals surface area contributed by atoms with Crippen molar-refractivity contribution in [1.82, 2.24) is 40.4 Å². The largest absolute Gasteiger partial charge is 0.335 e. The molecule has 0 radical (unpaired) electrons. The molecule has 5 heterocycles. The summed E-state index contributed by atoms with van der Waals surface area (Å²) in [6.45, 7) is 1.59. The minimum Gasteiger partial charge on any atom is -0.335 e. The normalized spacial score (nSPS) is 14.2. The maximum absolute atomic E-state index is 16.3. The molecule has 10 nitrogen and oxygen atoms in total. The summed E-state index contributed by atoms with van der Waals surface area (Å²) < 4.78 is 54.3. The molecule has 1 saturated carbocycles. The molecule has 0 spiro atoms. The van der Waals surface area contributed by atoms with Crippen molar-refractivity contribution < 1.29 is 17.2 Å². The van der Waals surface area contributed by atoms with Crippen molar-refractivity contribution in [3.63, 3.8) is 0 Å². The number of benzene rings is 1. The molecule has 1 aliphatic carbocycles. The number of pyridine rings is 3. The van der Waals surface area contributed by atoms with Crippen LogP contribution in [0.2, 0.25) is 0 Å². The van der Waals surface area contributed by atoms with Gasteiger partial charge < -0.3 is 10.3 Å². The van der Waals surface area contributed by atoms with Gasteiger partial charge in [0.25, 0.3) is 0 Å². The number of nitrogens with zero attached hydrogens (tertiary/aromatic N) is 5. The summed E-state index contributed by atoms with van der Waals surface area (Å²) in [5, 5.41) is 10.9. The standard InChI is InChI=1S/C33H32F2N8O2S/c1-46(44,45)7-6-20-8-22(11-24(34)10-20)25-16-38-17-27-31(25)41-33(40-27)32-28-26(42-43-32)18-39-30(29(28)35)23-9-21(14-37-15-23)13-36-12-19-4-2-3-5-19/h8-11,14-19,36H,2-7,12-13H2,1H3,(H,40,41)(H,42,43). The number of fused-ring (bicyclic) bond motifs is 2. The maximum atomic E-state index is 16.3. The molecule has 13 heteroatoms. The molecule has 1 fully saturated rings. The van der Waals surface area contributed by atoms with E-state index in [-0.39, 0.29) is 28.9 Å². The topological polar surface area (TPSA) is 142 Å². The van der Waals surface area contributed by atoms with Crippen LogP contribution in [-0.4, -0.2) is 62.1 Å². The third-order valence-corrected chi connectivity index (χ3v) is 9.44. The predicted molar refractivity (Wildman–Crippen MR) is 172 cm³/mol. The second kappa shape index (κ2) is 12.3. The van der Waals surface area contributed by atoms with Crippen LogP contribution >= 0.6 is 0 Å². The van der Waals surface area contributed by atoms with E-state index >= 15 is 4.39 Å². The zero-order chi connectivity index (χ0) is 31.8. The molecule has 46 heavy (non-hydrogen) atoms. The molecule has 236 valence electrons. The van der Waals surface area contributed by atoms with Crippen molar-refractivity contribution >= 4 is 31.8 Å². The first-order valence-corrected chi connectivity index (χ1v) is 17.3. The molecular weight excluding hydrogens is 610 g/mol. The highest BCUT2D eigenvalue weighted by Gasteiger charge is 2.22. The fourth-order valence-corrected chi connectivity index (χ4v) is 6.81. The molecule has 0 unspecified atom stereocenters. The van der Waals surface area contributed by atoms with Gasteiger partial charge in [0.2, 0.25) is 0 Å². The number of aromatic nitrogens is 7. The maximum Gasteiger partial charge on any atom is 0.161 e. The molecule has 3 N–H and O–H groups in total. The molecule has 7 rings (SSSR count). The van der Waals surface area contributed by atoms with Gasteiger partial charge in [-0.1, -0.05) is 18.9 Å². The summed E-state index contributed by atoms with van der Waals surface area (Å²) in [7, 11) is -3.22. The Morgan fingerprint density at radius 1 is 0.913 bits per heavy atom. The van der Waals surface area contributed by atoms with Crippen LogP contribution < -0.4 is 5.32 Å². The minimum absolute atomic E-state index is 0.1000. The highest BCUT2D eigenvalue weighted by Crippen LogP contribution is 2.35. The van der Waals surface area contributed by atoms with E-state index < -0.39 is 21.5 Å². The van der Waals surface area contributed by atoms with E-state index in [1.165, 1.54) is 44.0 Å². The number of rotatable bonds is 10.